The molecule has 0 aliphatic heterocycles. The molecule has 1 saturated carbocycles. The van der Waals surface area contributed by atoms with Gasteiger partial charge in [-0.2, -0.15) is 0 Å². The average molecular weight is 475 g/mol. The average Bonchev–Trinajstić information content (AvgIpc) is 2.65. The van der Waals surface area contributed by atoms with Gasteiger partial charge in [0.05, 0.1) is 24.5 Å². The van der Waals surface area contributed by atoms with Crippen molar-refractivity contribution >= 4 is 41.5 Å². The Labute approximate surface area is 172 Å². The molecule has 1 fully saturated rings. The van der Waals surface area contributed by atoms with Gasteiger partial charge in [0.25, 0.3) is 0 Å². The van der Waals surface area contributed by atoms with Crippen molar-refractivity contribution in [3.63, 3.8) is 0 Å². The van der Waals surface area contributed by atoms with E-state index in [1.54, 1.807) is 31.6 Å². The molecule has 1 aliphatic rings. The molecule has 1 heterocycles. The number of aromatic nitrogens is 1. The van der Waals surface area contributed by atoms with Gasteiger partial charge in [-0.15, -0.1) is 24.0 Å². The first-order valence-electron chi connectivity index (χ1n) is 9.04. The lowest BCUT2D eigenvalue weighted by atomic mass is 9.98. The fourth-order valence-corrected chi connectivity index (χ4v) is 2.79. The van der Waals surface area contributed by atoms with Gasteiger partial charge in [0.2, 0.25) is 5.91 Å². The number of hydrogen-bond acceptors (Lipinski definition) is 4. The summed E-state index contributed by atoms with van der Waals surface area (Å²) in [4.78, 5) is 20.0. The van der Waals surface area contributed by atoms with Gasteiger partial charge in [-0.05, 0) is 31.4 Å². The van der Waals surface area contributed by atoms with E-state index in [1.807, 2.05) is 0 Å². The van der Waals surface area contributed by atoms with Crippen LogP contribution in [-0.4, -0.2) is 49.7 Å². The van der Waals surface area contributed by atoms with E-state index in [0.29, 0.717) is 17.8 Å². The van der Waals surface area contributed by atoms with E-state index < -0.39 is 0 Å². The molecule has 0 radical (unpaired) electrons. The van der Waals surface area contributed by atoms with Crippen molar-refractivity contribution in [1.29, 1.82) is 0 Å². The molecule has 3 N–H and O–H groups in total. The third-order valence-electron chi connectivity index (χ3n) is 4.10. The van der Waals surface area contributed by atoms with Crippen molar-refractivity contribution in [2.75, 3.05) is 32.1 Å². The summed E-state index contributed by atoms with van der Waals surface area (Å²) < 4.78 is 5.89. The summed E-state index contributed by atoms with van der Waals surface area (Å²) in [6.07, 6.45) is 11.0. The molecule has 0 atom stereocenters. The second-order valence-corrected chi connectivity index (χ2v) is 6.13. The van der Waals surface area contributed by atoms with Crippen LogP contribution in [-0.2, 0) is 9.53 Å². The van der Waals surface area contributed by atoms with E-state index in [0.717, 1.165) is 19.6 Å². The summed E-state index contributed by atoms with van der Waals surface area (Å²) in [5, 5.41) is 8.96. The number of pyridine rings is 1. The lowest BCUT2D eigenvalue weighted by Crippen LogP contribution is -2.41. The molecule has 0 aromatic carbocycles. The molecule has 0 bridgehead atoms. The molecule has 2 rings (SSSR count). The van der Waals surface area contributed by atoms with Crippen molar-refractivity contribution in [3.05, 3.63) is 24.5 Å². The highest BCUT2D eigenvalue weighted by molar-refractivity contribution is 14.0. The zero-order chi connectivity index (χ0) is 17.7. The molecule has 0 unspecified atom stereocenters. The molecule has 1 aromatic heterocycles. The molecule has 8 heteroatoms. The summed E-state index contributed by atoms with van der Waals surface area (Å²) in [7, 11) is 1.69. The number of carbonyl (C=O) groups is 1. The second kappa shape index (κ2) is 13.7. The number of rotatable bonds is 8. The summed E-state index contributed by atoms with van der Waals surface area (Å²) in [6, 6.07) is 3.57. The van der Waals surface area contributed by atoms with Crippen LogP contribution in [0.25, 0.3) is 0 Å². The molecule has 146 valence electrons. The lowest BCUT2D eigenvalue weighted by molar-refractivity contribution is -0.115. The third kappa shape index (κ3) is 9.33. The first-order chi connectivity index (χ1) is 12.3. The van der Waals surface area contributed by atoms with Crippen molar-refractivity contribution < 1.29 is 9.53 Å². The number of hydrogen-bond donors (Lipinski definition) is 3. The minimum absolute atomic E-state index is 0. The van der Waals surface area contributed by atoms with Crippen molar-refractivity contribution in [3.8, 4) is 0 Å². The number of guanidine groups is 1. The largest absolute Gasteiger partial charge is 0.378 e. The third-order valence-corrected chi connectivity index (χ3v) is 4.10. The summed E-state index contributed by atoms with van der Waals surface area (Å²) in [5.41, 5.74) is 0.678. The second-order valence-electron chi connectivity index (χ2n) is 6.13. The molecule has 0 saturated heterocycles. The molecular weight excluding hydrogens is 445 g/mol. The molecule has 0 spiro atoms. The zero-order valence-electron chi connectivity index (χ0n) is 15.4. The van der Waals surface area contributed by atoms with Gasteiger partial charge in [0.15, 0.2) is 5.96 Å². The first kappa shape index (κ1) is 22.6. The predicted octanol–water partition coefficient (Wildman–Crippen LogP) is 2.54. The minimum Gasteiger partial charge on any atom is -0.378 e. The Morgan fingerprint density at radius 2 is 2.12 bits per heavy atom. The lowest BCUT2D eigenvalue weighted by Gasteiger charge is -2.22. The van der Waals surface area contributed by atoms with E-state index in [1.165, 1.54) is 32.1 Å². The number of carbonyl (C=O) groups excluding carboxylic acids is 1. The van der Waals surface area contributed by atoms with E-state index in [9.17, 15) is 4.79 Å². The quantitative estimate of drug-likeness (QED) is 0.233. The summed E-state index contributed by atoms with van der Waals surface area (Å²) in [6.45, 7) is 1.67. The number of anilines is 1. The van der Waals surface area contributed by atoms with Crippen LogP contribution < -0.4 is 16.0 Å². The smallest absolute Gasteiger partial charge is 0.243 e. The number of halogens is 1. The minimum atomic E-state index is -0.142. The van der Waals surface area contributed by atoms with Crippen LogP contribution >= 0.6 is 24.0 Å². The number of nitrogens with one attached hydrogen (secondary N) is 3. The van der Waals surface area contributed by atoms with Gasteiger partial charge in [-0.3, -0.25) is 14.8 Å². The number of ether oxygens (including phenoxy) is 1. The molecule has 1 aromatic rings. The van der Waals surface area contributed by atoms with Crippen LogP contribution in [0.15, 0.2) is 29.5 Å². The Morgan fingerprint density at radius 1 is 1.31 bits per heavy atom. The van der Waals surface area contributed by atoms with Crippen molar-refractivity contribution in [2.24, 2.45) is 4.99 Å². The van der Waals surface area contributed by atoms with Gasteiger partial charge >= 0.3 is 0 Å². The Kier molecular flexibility index (Phi) is 12.0. The number of nitrogens with zero attached hydrogens (tertiary/aromatic N) is 2. The Hall–Kier alpha value is -1.42. The van der Waals surface area contributed by atoms with Gasteiger partial charge < -0.3 is 20.7 Å². The molecular formula is C18H30IN5O2. The van der Waals surface area contributed by atoms with Gasteiger partial charge in [0.1, 0.15) is 0 Å². The Bertz CT molecular complexity index is 536. The highest BCUT2D eigenvalue weighted by Crippen LogP contribution is 2.20. The predicted molar refractivity (Wildman–Crippen MR) is 115 cm³/mol. The van der Waals surface area contributed by atoms with Crippen LogP contribution in [0.5, 0.6) is 0 Å². The fraction of sp³-hybridized carbons (Fsp3) is 0.611. The highest BCUT2D eigenvalue weighted by atomic mass is 127. The first-order valence-corrected chi connectivity index (χ1v) is 9.04. The normalized spacial score (nSPS) is 15.0. The topological polar surface area (TPSA) is 87.6 Å². The van der Waals surface area contributed by atoms with Gasteiger partial charge in [-0.25, -0.2) is 0 Å². The van der Waals surface area contributed by atoms with Crippen molar-refractivity contribution in [1.82, 2.24) is 15.6 Å². The van der Waals surface area contributed by atoms with E-state index >= 15 is 0 Å². The Balaban J connectivity index is 0.00000338. The van der Waals surface area contributed by atoms with E-state index in [-0.39, 0.29) is 36.4 Å². The van der Waals surface area contributed by atoms with E-state index in [2.05, 4.69) is 25.9 Å². The van der Waals surface area contributed by atoms with Crippen LogP contribution in [0.2, 0.25) is 0 Å². The SMILES string of the molecule is CN=C(NCCCOC1CCCCC1)NCC(=O)Nc1cccnc1.I. The zero-order valence-corrected chi connectivity index (χ0v) is 17.7. The number of aliphatic imine (C=N–C) groups is 1. The summed E-state index contributed by atoms with van der Waals surface area (Å²) in [5.74, 6) is 0.468. The molecule has 1 amide bonds. The van der Waals surface area contributed by atoms with E-state index in [4.69, 9.17) is 4.74 Å². The van der Waals surface area contributed by atoms with Crippen LogP contribution in [0.1, 0.15) is 38.5 Å². The van der Waals surface area contributed by atoms with Gasteiger partial charge in [0, 0.05) is 26.4 Å². The molecule has 7 nitrogen and oxygen atoms in total. The maximum atomic E-state index is 11.9. The van der Waals surface area contributed by atoms with Crippen LogP contribution in [0, 0.1) is 0 Å². The van der Waals surface area contributed by atoms with Crippen LogP contribution in [0.3, 0.4) is 0 Å². The monoisotopic (exact) mass is 475 g/mol. The van der Waals surface area contributed by atoms with Gasteiger partial charge in [-0.1, -0.05) is 19.3 Å². The maximum absolute atomic E-state index is 11.9. The Morgan fingerprint density at radius 3 is 2.81 bits per heavy atom. The summed E-state index contributed by atoms with van der Waals surface area (Å²) >= 11 is 0. The molecule has 26 heavy (non-hydrogen) atoms. The fourth-order valence-electron chi connectivity index (χ4n) is 2.79. The van der Waals surface area contributed by atoms with Crippen LogP contribution in [0.4, 0.5) is 5.69 Å². The molecule has 1 aliphatic carbocycles. The number of amides is 1. The maximum Gasteiger partial charge on any atom is 0.243 e. The highest BCUT2D eigenvalue weighted by Gasteiger charge is 2.13. The van der Waals surface area contributed by atoms with Crippen molar-refractivity contribution in [2.45, 2.75) is 44.6 Å². The standard InChI is InChI=1S/C18H29N5O2.HI/c1-19-18(21-11-6-12-25-16-8-3-2-4-9-16)22-14-17(24)23-15-7-5-10-20-13-15;/h5,7,10,13,16H,2-4,6,8-9,11-12,14H2,1H3,(H,23,24)(H2,19,21,22);1H.